The van der Waals surface area contributed by atoms with Gasteiger partial charge in [-0.25, -0.2) is 9.80 Å². The highest BCUT2D eigenvalue weighted by Gasteiger charge is 2.56. The molecule has 2 aliphatic rings. The zero-order valence-corrected chi connectivity index (χ0v) is 16.6. The number of rotatable bonds is 4. The molecule has 0 saturated carbocycles. The van der Waals surface area contributed by atoms with Gasteiger partial charge in [-0.15, -0.1) is 0 Å². The summed E-state index contributed by atoms with van der Waals surface area (Å²) in [6.07, 6.45) is 0. The second-order valence-corrected chi connectivity index (χ2v) is 8.36. The van der Waals surface area contributed by atoms with Crippen LogP contribution in [-0.4, -0.2) is 45.1 Å². The topological polar surface area (TPSA) is 105 Å². The standard InChI is InChI=1S/C16H16N4O5S2/c1-9-13(15(22)25-4)26-16(18(9)3)19(17-14(27-16)10(2)21)11-5-7-12(8-6-11)20(23)24/h5-8H,1-4H3. The predicted octanol–water partition coefficient (Wildman–Crippen LogP) is 2.74. The van der Waals surface area contributed by atoms with Crippen LogP contribution in [0.5, 0.6) is 0 Å². The van der Waals surface area contributed by atoms with Crippen LogP contribution in [0.25, 0.3) is 0 Å². The van der Waals surface area contributed by atoms with E-state index >= 15 is 0 Å². The summed E-state index contributed by atoms with van der Waals surface area (Å²) in [5.74, 6) is -0.677. The number of carbonyl (C=O) groups excluding carboxylic acids is 2. The number of hydrogen-bond acceptors (Lipinski definition) is 10. The lowest BCUT2D eigenvalue weighted by molar-refractivity contribution is -0.384. The van der Waals surface area contributed by atoms with Crippen LogP contribution in [0.15, 0.2) is 40.0 Å². The summed E-state index contributed by atoms with van der Waals surface area (Å²) in [5.41, 5.74) is 1.20. The third-order valence-electron chi connectivity index (χ3n) is 4.16. The maximum atomic E-state index is 12.2. The van der Waals surface area contributed by atoms with Crippen molar-refractivity contribution in [2.45, 2.75) is 18.2 Å². The Morgan fingerprint density at radius 1 is 1.26 bits per heavy atom. The Morgan fingerprint density at radius 3 is 2.41 bits per heavy atom. The highest BCUT2D eigenvalue weighted by Crippen LogP contribution is 2.58. The van der Waals surface area contributed by atoms with E-state index in [9.17, 15) is 19.7 Å². The van der Waals surface area contributed by atoms with Crippen LogP contribution in [0.1, 0.15) is 13.8 Å². The summed E-state index contributed by atoms with van der Waals surface area (Å²) in [4.78, 5) is 36.8. The van der Waals surface area contributed by atoms with E-state index in [0.29, 0.717) is 16.3 Å². The molecule has 0 radical (unpaired) electrons. The summed E-state index contributed by atoms with van der Waals surface area (Å²) < 4.78 is 3.92. The average Bonchev–Trinajstić information content (AvgIpc) is 3.15. The largest absolute Gasteiger partial charge is 0.465 e. The van der Waals surface area contributed by atoms with Gasteiger partial charge in [-0.1, -0.05) is 11.8 Å². The van der Waals surface area contributed by atoms with Crippen LogP contribution in [0.2, 0.25) is 0 Å². The molecule has 0 bridgehead atoms. The molecule has 142 valence electrons. The molecule has 3 rings (SSSR count). The number of methoxy groups -OCH3 is 1. The fraction of sp³-hybridized carbons (Fsp3) is 0.312. The monoisotopic (exact) mass is 408 g/mol. The first-order valence-electron chi connectivity index (χ1n) is 7.76. The maximum absolute atomic E-state index is 12.2. The number of non-ortho nitro benzene ring substituents is 1. The van der Waals surface area contributed by atoms with Gasteiger partial charge in [-0.2, -0.15) is 5.10 Å². The molecular formula is C16H16N4O5S2. The molecule has 27 heavy (non-hydrogen) atoms. The minimum atomic E-state index is -0.940. The molecule has 1 atom stereocenters. The number of nitrogens with zero attached hydrogens (tertiary/aromatic N) is 4. The smallest absolute Gasteiger partial charge is 0.346 e. The van der Waals surface area contributed by atoms with Crippen molar-refractivity contribution in [3.63, 3.8) is 0 Å². The Kier molecular flexibility index (Phi) is 4.91. The number of thioether (sulfide) groups is 2. The van der Waals surface area contributed by atoms with E-state index in [1.54, 1.807) is 31.1 Å². The summed E-state index contributed by atoms with van der Waals surface area (Å²) in [6, 6.07) is 5.87. The number of ketones is 1. The number of benzene rings is 1. The van der Waals surface area contributed by atoms with Crippen molar-refractivity contribution < 1.29 is 19.2 Å². The van der Waals surface area contributed by atoms with E-state index in [0.717, 1.165) is 0 Å². The predicted molar refractivity (Wildman–Crippen MR) is 104 cm³/mol. The second-order valence-electron chi connectivity index (χ2n) is 5.76. The molecule has 0 amide bonds. The zero-order valence-electron chi connectivity index (χ0n) is 15.0. The lowest BCUT2D eigenvalue weighted by Gasteiger charge is -2.39. The van der Waals surface area contributed by atoms with Gasteiger partial charge in [-0.3, -0.25) is 14.9 Å². The third kappa shape index (κ3) is 3.06. The number of Topliss-reactive ketones (excluding diaryl/α,β-unsaturated/α-hetero) is 1. The Labute approximate surface area is 163 Å². The first kappa shape index (κ1) is 19.2. The average molecular weight is 408 g/mol. The first-order chi connectivity index (χ1) is 12.7. The lowest BCUT2D eigenvalue weighted by Crippen LogP contribution is -2.47. The molecule has 1 unspecified atom stereocenters. The number of anilines is 1. The second kappa shape index (κ2) is 6.89. The minimum absolute atomic E-state index is 0.0487. The van der Waals surface area contributed by atoms with Gasteiger partial charge in [0.05, 0.1) is 17.7 Å². The van der Waals surface area contributed by atoms with Crippen LogP contribution in [0.4, 0.5) is 11.4 Å². The molecule has 1 spiro atoms. The quantitative estimate of drug-likeness (QED) is 0.422. The molecular weight excluding hydrogens is 392 g/mol. The van der Waals surface area contributed by atoms with Crippen molar-refractivity contribution in [2.75, 3.05) is 19.2 Å². The zero-order chi connectivity index (χ0) is 19.9. The van der Waals surface area contributed by atoms with Gasteiger partial charge in [0.25, 0.3) is 5.69 Å². The fourth-order valence-electron chi connectivity index (χ4n) is 2.62. The van der Waals surface area contributed by atoms with Gasteiger partial charge in [0.15, 0.2) is 10.8 Å². The Bertz CT molecular complexity index is 899. The molecule has 9 nitrogen and oxygen atoms in total. The SMILES string of the molecule is COC(=O)C1=C(C)N(C)C2(SC(C(C)=O)=NN2c2ccc([N+](=O)[O-])cc2)S1. The van der Waals surface area contributed by atoms with Crippen molar-refractivity contribution >= 4 is 51.7 Å². The fourth-order valence-corrected chi connectivity index (χ4v) is 5.52. The summed E-state index contributed by atoms with van der Waals surface area (Å²) in [5, 5.41) is 17.2. The molecule has 11 heteroatoms. The molecule has 0 N–H and O–H groups in total. The number of ether oxygens (including phenoxy) is 1. The highest BCUT2D eigenvalue weighted by atomic mass is 32.2. The van der Waals surface area contributed by atoms with Gasteiger partial charge in [0.1, 0.15) is 4.91 Å². The summed E-state index contributed by atoms with van der Waals surface area (Å²) >= 11 is 2.44. The molecule has 2 aliphatic heterocycles. The number of carbonyl (C=O) groups is 2. The van der Waals surface area contributed by atoms with Gasteiger partial charge in [-0.05, 0) is 30.8 Å². The minimum Gasteiger partial charge on any atom is -0.465 e. The highest BCUT2D eigenvalue weighted by molar-refractivity contribution is 8.28. The van der Waals surface area contributed by atoms with Gasteiger partial charge in [0, 0.05) is 31.8 Å². The van der Waals surface area contributed by atoms with Gasteiger partial charge < -0.3 is 9.64 Å². The molecule has 0 fully saturated rings. The summed E-state index contributed by atoms with van der Waals surface area (Å²) in [6.45, 7) is 3.20. The molecule has 2 heterocycles. The van der Waals surface area contributed by atoms with Crippen LogP contribution in [0.3, 0.4) is 0 Å². The van der Waals surface area contributed by atoms with Crippen molar-refractivity contribution in [1.29, 1.82) is 0 Å². The van der Waals surface area contributed by atoms with E-state index in [4.69, 9.17) is 4.74 Å². The van der Waals surface area contributed by atoms with Gasteiger partial charge in [0.2, 0.25) is 4.33 Å². The van der Waals surface area contributed by atoms with E-state index in [-0.39, 0.29) is 16.5 Å². The van der Waals surface area contributed by atoms with E-state index in [1.807, 2.05) is 4.90 Å². The van der Waals surface area contributed by atoms with Gasteiger partial charge >= 0.3 is 5.97 Å². The van der Waals surface area contributed by atoms with Crippen molar-refractivity contribution in [3.05, 3.63) is 45.0 Å². The molecule has 1 aromatic rings. The normalized spacial score (nSPS) is 21.7. The van der Waals surface area contributed by atoms with E-state index in [1.165, 1.54) is 49.7 Å². The van der Waals surface area contributed by atoms with Crippen LogP contribution < -0.4 is 5.01 Å². The number of nitro groups is 1. The van der Waals surface area contributed by atoms with Crippen molar-refractivity contribution in [3.8, 4) is 0 Å². The van der Waals surface area contributed by atoms with Crippen molar-refractivity contribution in [1.82, 2.24) is 4.90 Å². The van der Waals surface area contributed by atoms with Crippen LogP contribution in [-0.2, 0) is 14.3 Å². The number of esters is 1. The van der Waals surface area contributed by atoms with E-state index in [2.05, 4.69) is 5.10 Å². The lowest BCUT2D eigenvalue weighted by atomic mass is 10.3. The van der Waals surface area contributed by atoms with E-state index < -0.39 is 15.2 Å². The maximum Gasteiger partial charge on any atom is 0.346 e. The van der Waals surface area contributed by atoms with Crippen LogP contribution in [0, 0.1) is 10.1 Å². The first-order valence-corrected chi connectivity index (χ1v) is 9.40. The molecule has 0 aromatic heterocycles. The molecule has 0 aliphatic carbocycles. The number of nitro benzene ring substituents is 1. The molecule has 1 aromatic carbocycles. The Hall–Kier alpha value is -2.53. The Balaban J connectivity index is 2.05. The third-order valence-corrected chi connectivity index (χ3v) is 7.31. The number of hydrazone groups is 1. The number of allylic oxidation sites excluding steroid dienone is 1. The number of hydrogen-bond donors (Lipinski definition) is 0. The van der Waals surface area contributed by atoms with Crippen molar-refractivity contribution in [2.24, 2.45) is 5.10 Å². The van der Waals surface area contributed by atoms with Crippen LogP contribution >= 0.6 is 23.5 Å². The Morgan fingerprint density at radius 2 is 1.89 bits per heavy atom. The summed E-state index contributed by atoms with van der Waals surface area (Å²) in [7, 11) is 3.10. The molecule has 0 saturated heterocycles.